The number of phenols is 1. The van der Waals surface area contributed by atoms with Crippen LogP contribution in [0.1, 0.15) is 16.7 Å². The number of hydrogen-bond donors (Lipinski definition) is 1. The summed E-state index contributed by atoms with van der Waals surface area (Å²) in [5.41, 5.74) is 1.82. The third-order valence-electron chi connectivity index (χ3n) is 4.17. The van der Waals surface area contributed by atoms with E-state index in [4.69, 9.17) is 9.47 Å². The van der Waals surface area contributed by atoms with Crippen molar-refractivity contribution >= 4 is 5.69 Å². The van der Waals surface area contributed by atoms with Gasteiger partial charge < -0.3 is 14.6 Å². The highest BCUT2D eigenvalue weighted by Gasteiger charge is 2.24. The fourth-order valence-corrected chi connectivity index (χ4v) is 2.74. The summed E-state index contributed by atoms with van der Waals surface area (Å²) in [6.07, 6.45) is 0.357. The van der Waals surface area contributed by atoms with Gasteiger partial charge in [-0.25, -0.2) is 0 Å². The van der Waals surface area contributed by atoms with E-state index in [0.717, 1.165) is 16.9 Å². The van der Waals surface area contributed by atoms with E-state index in [9.17, 15) is 15.2 Å². The number of aromatic hydroxyl groups is 1. The second-order valence-corrected chi connectivity index (χ2v) is 5.98. The second kappa shape index (κ2) is 8.23. The number of hydrogen-bond acceptors (Lipinski definition) is 5. The maximum Gasteiger partial charge on any atom is 0.352 e. The molecule has 0 saturated heterocycles. The van der Waals surface area contributed by atoms with Gasteiger partial charge in [-0.1, -0.05) is 48.5 Å². The van der Waals surface area contributed by atoms with E-state index < -0.39 is 10.6 Å². The molecule has 0 aliphatic rings. The largest absolute Gasteiger partial charge is 0.502 e. The van der Waals surface area contributed by atoms with Crippen LogP contribution in [-0.4, -0.2) is 17.1 Å². The van der Waals surface area contributed by atoms with Gasteiger partial charge in [0.1, 0.15) is 12.4 Å². The van der Waals surface area contributed by atoms with Crippen molar-refractivity contribution in [3.63, 3.8) is 0 Å². The first-order valence-electron chi connectivity index (χ1n) is 8.37. The Balaban J connectivity index is 1.84. The molecule has 6 nitrogen and oxygen atoms in total. The van der Waals surface area contributed by atoms with Gasteiger partial charge in [0.15, 0.2) is 0 Å². The summed E-state index contributed by atoms with van der Waals surface area (Å²) in [7, 11) is 1.58. The Hall–Kier alpha value is -3.54. The summed E-state index contributed by atoms with van der Waals surface area (Å²) >= 11 is 0. The minimum atomic E-state index is -0.618. The zero-order valence-corrected chi connectivity index (χ0v) is 14.8. The number of rotatable bonds is 7. The van der Waals surface area contributed by atoms with Gasteiger partial charge in [-0.2, -0.15) is 0 Å². The van der Waals surface area contributed by atoms with Gasteiger partial charge in [-0.3, -0.25) is 10.1 Å². The molecule has 0 spiro atoms. The molecule has 138 valence electrons. The predicted octanol–water partition coefficient (Wildman–Crippen LogP) is 4.48. The number of phenolic OH excluding ortho intramolecular Hbond substituents is 1. The lowest BCUT2D eigenvalue weighted by atomic mass is 10.0. The molecule has 0 atom stereocenters. The van der Waals surface area contributed by atoms with Crippen LogP contribution >= 0.6 is 0 Å². The molecule has 0 fully saturated rings. The summed E-state index contributed by atoms with van der Waals surface area (Å²) in [4.78, 5) is 10.9. The SMILES string of the molecule is COc1ccc(Cc2ccc(OCc3ccccc3)c([N+](=O)[O-])c2O)cc1. The Morgan fingerprint density at radius 1 is 0.963 bits per heavy atom. The molecular weight excluding hydrogens is 346 g/mol. The highest BCUT2D eigenvalue weighted by molar-refractivity contribution is 5.61. The van der Waals surface area contributed by atoms with E-state index in [-0.39, 0.29) is 18.1 Å². The third-order valence-corrected chi connectivity index (χ3v) is 4.17. The van der Waals surface area contributed by atoms with Crippen LogP contribution in [0.3, 0.4) is 0 Å². The molecule has 0 heterocycles. The molecule has 27 heavy (non-hydrogen) atoms. The van der Waals surface area contributed by atoms with Crippen molar-refractivity contribution in [1.29, 1.82) is 0 Å². The van der Waals surface area contributed by atoms with Crippen molar-refractivity contribution in [2.45, 2.75) is 13.0 Å². The number of nitro groups is 1. The number of ether oxygens (including phenoxy) is 2. The molecule has 0 saturated carbocycles. The topological polar surface area (TPSA) is 81.8 Å². The van der Waals surface area contributed by atoms with E-state index in [0.29, 0.717) is 12.0 Å². The number of nitro benzene ring substituents is 1. The highest BCUT2D eigenvalue weighted by atomic mass is 16.6. The molecule has 0 aromatic heterocycles. The van der Waals surface area contributed by atoms with Gasteiger partial charge in [0.25, 0.3) is 0 Å². The fourth-order valence-electron chi connectivity index (χ4n) is 2.74. The molecule has 3 aromatic carbocycles. The highest BCUT2D eigenvalue weighted by Crippen LogP contribution is 2.40. The summed E-state index contributed by atoms with van der Waals surface area (Å²) < 4.78 is 10.7. The van der Waals surface area contributed by atoms with Crippen LogP contribution in [0.4, 0.5) is 5.69 Å². The van der Waals surface area contributed by atoms with Gasteiger partial charge >= 0.3 is 5.69 Å². The molecular formula is C21H19NO5. The Morgan fingerprint density at radius 3 is 2.30 bits per heavy atom. The Morgan fingerprint density at radius 2 is 1.67 bits per heavy atom. The first-order chi connectivity index (χ1) is 13.1. The average Bonchev–Trinajstić information content (AvgIpc) is 2.69. The van der Waals surface area contributed by atoms with Gasteiger partial charge in [-0.05, 0) is 29.3 Å². The number of benzene rings is 3. The molecule has 6 heteroatoms. The summed E-state index contributed by atoms with van der Waals surface area (Å²) in [6, 6.07) is 19.8. The molecule has 3 rings (SSSR count). The van der Waals surface area contributed by atoms with Crippen LogP contribution in [0.15, 0.2) is 66.7 Å². The number of methoxy groups -OCH3 is 1. The minimum Gasteiger partial charge on any atom is -0.502 e. The first-order valence-corrected chi connectivity index (χ1v) is 8.37. The summed E-state index contributed by atoms with van der Waals surface area (Å²) in [6.45, 7) is 0.180. The molecule has 1 N–H and O–H groups in total. The summed E-state index contributed by atoms with van der Waals surface area (Å²) in [5.74, 6) is 0.389. The second-order valence-electron chi connectivity index (χ2n) is 5.98. The Bertz CT molecular complexity index is 923. The minimum absolute atomic E-state index is 0.0415. The lowest BCUT2D eigenvalue weighted by molar-refractivity contribution is -0.387. The fraction of sp³-hybridized carbons (Fsp3) is 0.143. The lowest BCUT2D eigenvalue weighted by Gasteiger charge is -2.11. The molecule has 3 aromatic rings. The predicted molar refractivity (Wildman–Crippen MR) is 101 cm³/mol. The molecule has 0 bridgehead atoms. The van der Waals surface area contributed by atoms with Crippen molar-refractivity contribution in [2.24, 2.45) is 0 Å². The molecule has 0 aliphatic heterocycles. The van der Waals surface area contributed by atoms with Gasteiger partial charge in [0, 0.05) is 12.0 Å². The van der Waals surface area contributed by atoms with E-state index in [1.165, 1.54) is 6.07 Å². The number of nitrogens with zero attached hydrogens (tertiary/aromatic N) is 1. The molecule has 0 aliphatic carbocycles. The zero-order chi connectivity index (χ0) is 19.2. The Kier molecular flexibility index (Phi) is 5.56. The van der Waals surface area contributed by atoms with E-state index >= 15 is 0 Å². The maximum absolute atomic E-state index is 11.5. The van der Waals surface area contributed by atoms with Crippen molar-refractivity contribution < 1.29 is 19.5 Å². The average molecular weight is 365 g/mol. The molecule has 0 unspecified atom stereocenters. The van der Waals surface area contributed by atoms with Crippen LogP contribution in [0.25, 0.3) is 0 Å². The zero-order valence-electron chi connectivity index (χ0n) is 14.8. The van der Waals surface area contributed by atoms with Gasteiger partial charge in [-0.15, -0.1) is 0 Å². The quantitative estimate of drug-likeness (QED) is 0.493. The Labute approximate surface area is 156 Å². The molecule has 0 amide bonds. The van der Waals surface area contributed by atoms with Crippen LogP contribution < -0.4 is 9.47 Å². The lowest BCUT2D eigenvalue weighted by Crippen LogP contribution is -2.01. The maximum atomic E-state index is 11.5. The van der Waals surface area contributed by atoms with Crippen molar-refractivity contribution in [3.05, 3.63) is 93.5 Å². The van der Waals surface area contributed by atoms with Crippen molar-refractivity contribution in [1.82, 2.24) is 0 Å². The first kappa shape index (κ1) is 18.3. The van der Waals surface area contributed by atoms with E-state index in [1.807, 2.05) is 42.5 Å². The van der Waals surface area contributed by atoms with E-state index in [1.54, 1.807) is 25.3 Å². The molecule has 0 radical (unpaired) electrons. The van der Waals surface area contributed by atoms with Gasteiger partial charge in [0.05, 0.1) is 12.0 Å². The standard InChI is InChI=1S/C21H19NO5/c1-26-18-10-7-15(8-11-18)13-17-9-12-19(20(21(17)23)22(24)25)27-14-16-5-3-2-4-6-16/h2-12,23H,13-14H2,1H3. The monoisotopic (exact) mass is 365 g/mol. The summed E-state index contributed by atoms with van der Waals surface area (Å²) in [5, 5.41) is 21.9. The van der Waals surface area contributed by atoms with Crippen molar-refractivity contribution in [3.8, 4) is 17.2 Å². The van der Waals surface area contributed by atoms with Crippen molar-refractivity contribution in [2.75, 3.05) is 7.11 Å². The smallest absolute Gasteiger partial charge is 0.352 e. The van der Waals surface area contributed by atoms with Gasteiger partial charge in [0.2, 0.25) is 11.5 Å². The normalized spacial score (nSPS) is 10.4. The van der Waals surface area contributed by atoms with Crippen LogP contribution in [-0.2, 0) is 13.0 Å². The van der Waals surface area contributed by atoms with E-state index in [2.05, 4.69) is 0 Å². The van der Waals surface area contributed by atoms with Crippen LogP contribution in [0, 0.1) is 10.1 Å². The van der Waals surface area contributed by atoms with Crippen LogP contribution in [0.5, 0.6) is 17.2 Å². The third kappa shape index (κ3) is 4.36. The van der Waals surface area contributed by atoms with Crippen LogP contribution in [0.2, 0.25) is 0 Å².